The Hall–Kier alpha value is -3.20. The third-order valence-corrected chi connectivity index (χ3v) is 7.67. The molecule has 2 atom stereocenters. The predicted octanol–water partition coefficient (Wildman–Crippen LogP) is 5.96. The van der Waals surface area contributed by atoms with Crippen molar-refractivity contribution in [1.29, 1.82) is 0 Å². The van der Waals surface area contributed by atoms with Gasteiger partial charge in [0.25, 0.3) is 0 Å². The topological polar surface area (TPSA) is 50.2 Å². The van der Waals surface area contributed by atoms with Crippen molar-refractivity contribution in [2.75, 3.05) is 13.6 Å². The summed E-state index contributed by atoms with van der Waals surface area (Å²) in [5, 5.41) is 2.81. The molecule has 0 radical (unpaired) electrons. The first-order valence-corrected chi connectivity index (χ1v) is 13.2. The van der Waals surface area contributed by atoms with Gasteiger partial charge in [0.15, 0.2) is 0 Å². The molecule has 1 amide bonds. The van der Waals surface area contributed by atoms with Crippen LogP contribution in [-0.2, 0) is 30.4 Å². The Balaban J connectivity index is 1.54. The van der Waals surface area contributed by atoms with Gasteiger partial charge in [-0.3, -0.25) is 9.69 Å². The van der Waals surface area contributed by atoms with Gasteiger partial charge in [0, 0.05) is 26.1 Å². The van der Waals surface area contributed by atoms with Crippen LogP contribution >= 0.6 is 0 Å². The number of amides is 1. The van der Waals surface area contributed by atoms with Crippen molar-refractivity contribution in [2.45, 2.75) is 69.8 Å². The van der Waals surface area contributed by atoms with Crippen LogP contribution in [0.2, 0.25) is 0 Å². The number of hydrogen-bond acceptors (Lipinski definition) is 3. The van der Waals surface area contributed by atoms with Gasteiger partial charge in [-0.2, -0.15) is 13.2 Å². The average Bonchev–Trinajstić information content (AvgIpc) is 3.68. The van der Waals surface area contributed by atoms with Gasteiger partial charge in [-0.05, 0) is 55.4 Å². The maximum absolute atomic E-state index is 14.3. The van der Waals surface area contributed by atoms with Crippen LogP contribution in [0.4, 0.5) is 17.6 Å². The minimum absolute atomic E-state index is 0.129. The Labute approximate surface area is 219 Å². The summed E-state index contributed by atoms with van der Waals surface area (Å²) in [5.74, 6) is 0.154. The van der Waals surface area contributed by atoms with Gasteiger partial charge in [-0.15, -0.1) is 0 Å². The van der Waals surface area contributed by atoms with Crippen LogP contribution in [0.15, 0.2) is 48.5 Å². The maximum Gasteiger partial charge on any atom is 0.419 e. The van der Waals surface area contributed by atoms with Crippen LogP contribution in [0.25, 0.3) is 0 Å². The van der Waals surface area contributed by atoms with E-state index in [4.69, 9.17) is 4.98 Å². The summed E-state index contributed by atoms with van der Waals surface area (Å²) in [4.78, 5) is 20.5. The largest absolute Gasteiger partial charge is 0.419 e. The molecule has 3 aromatic rings. The molecule has 2 aromatic carbocycles. The number of carbonyl (C=O) groups excluding carboxylic acids is 1. The Kier molecular flexibility index (Phi) is 7.31. The Morgan fingerprint density at radius 2 is 1.87 bits per heavy atom. The molecule has 1 N–H and O–H groups in total. The molecule has 5 nitrogen and oxygen atoms in total. The van der Waals surface area contributed by atoms with Crippen molar-refractivity contribution in [1.82, 2.24) is 19.8 Å². The molecule has 9 heteroatoms. The number of nitrogens with zero attached hydrogens (tertiary/aromatic N) is 3. The van der Waals surface area contributed by atoms with E-state index in [0.717, 1.165) is 54.2 Å². The fraction of sp³-hybridized carbons (Fsp3) is 0.448. The number of imidazole rings is 1. The second-order valence-electron chi connectivity index (χ2n) is 10.1. The first-order chi connectivity index (χ1) is 18.2. The number of aryl methyl sites for hydroxylation is 2. The van der Waals surface area contributed by atoms with Crippen LogP contribution in [0.1, 0.15) is 78.1 Å². The molecule has 0 saturated heterocycles. The Bertz CT molecular complexity index is 1300. The minimum atomic E-state index is -4.74. The molecule has 1 saturated carbocycles. The number of alkyl halides is 3. The normalized spacial score (nSPS) is 18.7. The standard InChI is InChI=1S/C29H32F4N4O/c1-3-23-26-24(14-10-18-9-13-21(22(30)17-18)29(31,32)33)36(15-16-37(26)27(35-23)20-11-12-20)25(28(38)34-2)19-7-5-4-6-8-19/h4-9,13,17,20,24-25H,3,10-12,14-16H2,1-2H3,(H,34,38)/t24-,25+/m0/s1. The van der Waals surface area contributed by atoms with Gasteiger partial charge in [-0.1, -0.05) is 43.3 Å². The zero-order chi connectivity index (χ0) is 27.0. The highest BCUT2D eigenvalue weighted by Crippen LogP contribution is 2.45. The number of likely N-dealkylation sites (N-methyl/N-ethyl adjacent to an activating group) is 1. The van der Waals surface area contributed by atoms with Crippen LogP contribution in [0, 0.1) is 5.82 Å². The fourth-order valence-electron chi connectivity index (χ4n) is 5.71. The third kappa shape index (κ3) is 5.08. The van der Waals surface area contributed by atoms with Crippen LogP contribution < -0.4 is 5.32 Å². The highest BCUT2D eigenvalue weighted by Gasteiger charge is 2.41. The monoisotopic (exact) mass is 528 g/mol. The van der Waals surface area contributed by atoms with E-state index in [1.54, 1.807) is 7.05 Å². The molecular formula is C29H32F4N4O. The van der Waals surface area contributed by atoms with Crippen molar-refractivity contribution in [3.8, 4) is 0 Å². The molecule has 202 valence electrons. The number of nitrogens with one attached hydrogen (secondary N) is 1. The smallest absolute Gasteiger partial charge is 0.358 e. The lowest BCUT2D eigenvalue weighted by Gasteiger charge is -2.42. The van der Waals surface area contributed by atoms with Crippen molar-refractivity contribution in [3.05, 3.63) is 88.3 Å². The molecule has 5 rings (SSSR count). The molecular weight excluding hydrogens is 496 g/mol. The van der Waals surface area contributed by atoms with E-state index >= 15 is 0 Å². The molecule has 1 aliphatic heterocycles. The fourth-order valence-corrected chi connectivity index (χ4v) is 5.71. The summed E-state index contributed by atoms with van der Waals surface area (Å²) in [6.07, 6.45) is -0.905. The average molecular weight is 529 g/mol. The molecule has 0 unspecified atom stereocenters. The lowest BCUT2D eigenvalue weighted by molar-refractivity contribution is -0.140. The summed E-state index contributed by atoms with van der Waals surface area (Å²) in [6, 6.07) is 12.0. The quantitative estimate of drug-likeness (QED) is 0.367. The van der Waals surface area contributed by atoms with Gasteiger partial charge < -0.3 is 9.88 Å². The molecule has 0 spiro atoms. The van der Waals surface area contributed by atoms with Crippen molar-refractivity contribution < 1.29 is 22.4 Å². The summed E-state index contributed by atoms with van der Waals surface area (Å²) >= 11 is 0. The number of rotatable bonds is 8. The lowest BCUT2D eigenvalue weighted by atomic mass is 9.93. The van der Waals surface area contributed by atoms with Gasteiger partial charge in [0.05, 0.1) is 23.0 Å². The van der Waals surface area contributed by atoms with Gasteiger partial charge >= 0.3 is 6.18 Å². The number of aromatic nitrogens is 2. The van der Waals surface area contributed by atoms with E-state index in [0.29, 0.717) is 37.4 Å². The first-order valence-electron chi connectivity index (χ1n) is 13.2. The number of carbonyl (C=O) groups is 1. The first kappa shape index (κ1) is 26.4. The summed E-state index contributed by atoms with van der Waals surface area (Å²) in [5.41, 5.74) is 2.15. The third-order valence-electron chi connectivity index (χ3n) is 7.67. The Morgan fingerprint density at radius 1 is 1.13 bits per heavy atom. The number of fused-ring (bicyclic) bond motifs is 1. The van der Waals surface area contributed by atoms with E-state index in [2.05, 4.69) is 21.7 Å². The lowest BCUT2D eigenvalue weighted by Crippen LogP contribution is -2.46. The molecule has 2 heterocycles. The molecule has 1 aliphatic carbocycles. The molecule has 1 aromatic heterocycles. The summed E-state index contributed by atoms with van der Waals surface area (Å²) in [6.45, 7) is 3.39. The van der Waals surface area contributed by atoms with E-state index in [9.17, 15) is 22.4 Å². The van der Waals surface area contributed by atoms with Crippen LogP contribution in [-0.4, -0.2) is 34.0 Å². The summed E-state index contributed by atoms with van der Waals surface area (Å²) < 4.78 is 55.9. The minimum Gasteiger partial charge on any atom is -0.358 e. The number of hydrogen-bond donors (Lipinski definition) is 1. The second kappa shape index (κ2) is 10.5. The maximum atomic E-state index is 14.3. The highest BCUT2D eigenvalue weighted by molar-refractivity contribution is 5.83. The second-order valence-corrected chi connectivity index (χ2v) is 10.1. The van der Waals surface area contributed by atoms with E-state index in [-0.39, 0.29) is 11.9 Å². The van der Waals surface area contributed by atoms with Crippen LogP contribution in [0.5, 0.6) is 0 Å². The predicted molar refractivity (Wildman–Crippen MR) is 136 cm³/mol. The van der Waals surface area contributed by atoms with E-state index in [1.807, 2.05) is 30.3 Å². The van der Waals surface area contributed by atoms with Crippen molar-refractivity contribution >= 4 is 5.91 Å². The van der Waals surface area contributed by atoms with Gasteiger partial charge in [0.1, 0.15) is 17.7 Å². The van der Waals surface area contributed by atoms with Gasteiger partial charge in [-0.25, -0.2) is 9.37 Å². The van der Waals surface area contributed by atoms with E-state index < -0.39 is 23.6 Å². The number of halogens is 4. The SMILES string of the molecule is CCc1nc(C2CC2)n2c1[C@H](CCc1ccc(C(F)(F)F)c(F)c1)N([C@@H](C(=O)NC)c1ccccc1)CC2. The zero-order valence-electron chi connectivity index (χ0n) is 21.6. The zero-order valence-corrected chi connectivity index (χ0v) is 21.6. The summed E-state index contributed by atoms with van der Waals surface area (Å²) in [7, 11) is 1.62. The highest BCUT2D eigenvalue weighted by atomic mass is 19.4. The van der Waals surface area contributed by atoms with Crippen molar-refractivity contribution in [2.24, 2.45) is 0 Å². The Morgan fingerprint density at radius 3 is 2.47 bits per heavy atom. The van der Waals surface area contributed by atoms with Crippen LogP contribution in [0.3, 0.4) is 0 Å². The molecule has 38 heavy (non-hydrogen) atoms. The molecule has 1 fully saturated rings. The molecule has 2 aliphatic rings. The number of benzene rings is 2. The van der Waals surface area contributed by atoms with E-state index in [1.165, 1.54) is 6.07 Å². The molecule has 0 bridgehead atoms. The van der Waals surface area contributed by atoms with Crippen molar-refractivity contribution in [3.63, 3.8) is 0 Å². The van der Waals surface area contributed by atoms with Gasteiger partial charge in [0.2, 0.25) is 5.91 Å².